The van der Waals surface area contributed by atoms with Crippen LogP contribution < -0.4 is 5.32 Å². The lowest BCUT2D eigenvalue weighted by atomic mass is 10.1. The van der Waals surface area contributed by atoms with Crippen LogP contribution in [0.25, 0.3) is 5.69 Å². The van der Waals surface area contributed by atoms with Gasteiger partial charge in [0, 0.05) is 24.7 Å². The van der Waals surface area contributed by atoms with Crippen molar-refractivity contribution in [3.05, 3.63) is 39.9 Å². The van der Waals surface area contributed by atoms with E-state index in [9.17, 15) is 0 Å². The normalized spacial score (nSPS) is 11.0. The minimum Gasteiger partial charge on any atom is -0.383 e. The van der Waals surface area contributed by atoms with Crippen molar-refractivity contribution < 1.29 is 4.74 Å². The van der Waals surface area contributed by atoms with Gasteiger partial charge in [-0.1, -0.05) is 22.0 Å². The molecule has 1 aromatic carbocycles. The molecule has 0 saturated heterocycles. The Morgan fingerprint density at radius 3 is 2.80 bits per heavy atom. The first-order chi connectivity index (χ1) is 9.61. The van der Waals surface area contributed by atoms with Gasteiger partial charge in [0.25, 0.3) is 0 Å². The first kappa shape index (κ1) is 15.2. The second kappa shape index (κ2) is 6.97. The molecule has 20 heavy (non-hydrogen) atoms. The molecule has 0 bridgehead atoms. The fraction of sp³-hybridized carbons (Fsp3) is 0.429. The number of hydrogen-bond donors (Lipinski definition) is 1. The third-order valence-corrected chi connectivity index (χ3v) is 3.44. The SMILES string of the molecule is COCCNCc1ccc(Br)cc1-n1nc(C)nc1C. The van der Waals surface area contributed by atoms with Gasteiger partial charge in [0.15, 0.2) is 0 Å². The Morgan fingerprint density at radius 2 is 2.15 bits per heavy atom. The fourth-order valence-corrected chi connectivity index (χ4v) is 2.38. The Kier molecular flexibility index (Phi) is 5.28. The van der Waals surface area contributed by atoms with E-state index in [1.165, 1.54) is 5.56 Å². The van der Waals surface area contributed by atoms with Crippen molar-refractivity contribution in [3.63, 3.8) is 0 Å². The summed E-state index contributed by atoms with van der Waals surface area (Å²) in [4.78, 5) is 4.36. The van der Waals surface area contributed by atoms with Gasteiger partial charge in [0.2, 0.25) is 0 Å². The number of rotatable bonds is 6. The summed E-state index contributed by atoms with van der Waals surface area (Å²) in [5.74, 6) is 1.67. The number of halogens is 1. The molecule has 6 heteroatoms. The number of ether oxygens (including phenoxy) is 1. The maximum Gasteiger partial charge on any atom is 0.148 e. The maximum atomic E-state index is 5.04. The summed E-state index contributed by atoms with van der Waals surface area (Å²) in [6.07, 6.45) is 0. The second-order valence-corrected chi connectivity index (χ2v) is 5.48. The molecule has 2 aromatic rings. The molecule has 2 rings (SSSR count). The zero-order valence-corrected chi connectivity index (χ0v) is 13.6. The highest BCUT2D eigenvalue weighted by Crippen LogP contribution is 2.21. The van der Waals surface area contributed by atoms with Crippen molar-refractivity contribution >= 4 is 15.9 Å². The number of aromatic nitrogens is 3. The molecule has 0 aliphatic rings. The van der Waals surface area contributed by atoms with E-state index in [0.717, 1.165) is 34.9 Å². The molecule has 0 radical (unpaired) electrons. The second-order valence-electron chi connectivity index (χ2n) is 4.56. The van der Waals surface area contributed by atoms with Crippen molar-refractivity contribution in [1.82, 2.24) is 20.1 Å². The molecule has 0 unspecified atom stereocenters. The van der Waals surface area contributed by atoms with Crippen LogP contribution in [0.1, 0.15) is 17.2 Å². The first-order valence-electron chi connectivity index (χ1n) is 6.50. The Balaban J connectivity index is 2.26. The van der Waals surface area contributed by atoms with E-state index < -0.39 is 0 Å². The molecule has 108 valence electrons. The van der Waals surface area contributed by atoms with Gasteiger partial charge in [-0.2, -0.15) is 5.10 Å². The van der Waals surface area contributed by atoms with E-state index in [2.05, 4.69) is 43.5 Å². The van der Waals surface area contributed by atoms with Gasteiger partial charge in [-0.3, -0.25) is 0 Å². The summed E-state index contributed by atoms with van der Waals surface area (Å²) < 4.78 is 7.95. The summed E-state index contributed by atoms with van der Waals surface area (Å²) in [7, 11) is 1.70. The minimum atomic E-state index is 0.702. The van der Waals surface area contributed by atoms with Crippen LogP contribution in [0.4, 0.5) is 0 Å². The van der Waals surface area contributed by atoms with Crippen LogP contribution in [0.15, 0.2) is 22.7 Å². The van der Waals surface area contributed by atoms with Crippen molar-refractivity contribution in [3.8, 4) is 5.69 Å². The monoisotopic (exact) mass is 338 g/mol. The fourth-order valence-electron chi connectivity index (χ4n) is 2.03. The van der Waals surface area contributed by atoms with Gasteiger partial charge < -0.3 is 10.1 Å². The average molecular weight is 339 g/mol. The summed E-state index contributed by atoms with van der Waals surface area (Å²) >= 11 is 3.52. The molecule has 0 spiro atoms. The Bertz CT molecular complexity index is 583. The Labute approximate surface area is 127 Å². The zero-order chi connectivity index (χ0) is 14.5. The van der Waals surface area contributed by atoms with Crippen molar-refractivity contribution in [2.75, 3.05) is 20.3 Å². The van der Waals surface area contributed by atoms with E-state index in [0.29, 0.717) is 6.61 Å². The highest BCUT2D eigenvalue weighted by Gasteiger charge is 2.10. The molecule has 1 aromatic heterocycles. The predicted molar refractivity (Wildman–Crippen MR) is 82.1 cm³/mol. The standard InChI is InChI=1S/C14H19BrN4O/c1-10-17-11(2)19(18-10)14-8-13(15)5-4-12(14)9-16-6-7-20-3/h4-5,8,16H,6-7,9H2,1-3H3. The van der Waals surface area contributed by atoms with E-state index in [1.807, 2.05) is 24.6 Å². The minimum absolute atomic E-state index is 0.702. The van der Waals surface area contributed by atoms with Crippen LogP contribution in [0.5, 0.6) is 0 Å². The third kappa shape index (κ3) is 3.65. The van der Waals surface area contributed by atoms with Crippen molar-refractivity contribution in [1.29, 1.82) is 0 Å². The van der Waals surface area contributed by atoms with Gasteiger partial charge in [0.1, 0.15) is 11.6 Å². The number of aryl methyl sites for hydroxylation is 2. The summed E-state index contributed by atoms with van der Waals surface area (Å²) in [5.41, 5.74) is 2.22. The Morgan fingerprint density at radius 1 is 1.35 bits per heavy atom. The lowest BCUT2D eigenvalue weighted by molar-refractivity contribution is 0.199. The van der Waals surface area contributed by atoms with Gasteiger partial charge in [-0.25, -0.2) is 9.67 Å². The highest BCUT2D eigenvalue weighted by atomic mass is 79.9. The van der Waals surface area contributed by atoms with Gasteiger partial charge >= 0.3 is 0 Å². The van der Waals surface area contributed by atoms with Gasteiger partial charge in [0.05, 0.1) is 12.3 Å². The number of nitrogens with zero attached hydrogens (tertiary/aromatic N) is 3. The predicted octanol–water partition coefficient (Wildman–Crippen LogP) is 2.38. The summed E-state index contributed by atoms with van der Waals surface area (Å²) in [6, 6.07) is 6.19. The lowest BCUT2D eigenvalue weighted by Gasteiger charge is -2.12. The molecular formula is C14H19BrN4O. The van der Waals surface area contributed by atoms with Crippen LogP contribution in [-0.2, 0) is 11.3 Å². The van der Waals surface area contributed by atoms with E-state index in [1.54, 1.807) is 7.11 Å². The number of benzene rings is 1. The highest BCUT2D eigenvalue weighted by molar-refractivity contribution is 9.10. The van der Waals surface area contributed by atoms with Gasteiger partial charge in [-0.15, -0.1) is 0 Å². The molecule has 1 N–H and O–H groups in total. The van der Waals surface area contributed by atoms with Crippen molar-refractivity contribution in [2.45, 2.75) is 20.4 Å². The zero-order valence-electron chi connectivity index (χ0n) is 12.0. The van der Waals surface area contributed by atoms with E-state index in [4.69, 9.17) is 4.74 Å². The molecule has 1 heterocycles. The van der Waals surface area contributed by atoms with Crippen LogP contribution in [0.3, 0.4) is 0 Å². The van der Waals surface area contributed by atoms with Crippen LogP contribution in [0.2, 0.25) is 0 Å². The van der Waals surface area contributed by atoms with Crippen LogP contribution in [-0.4, -0.2) is 35.0 Å². The van der Waals surface area contributed by atoms with Gasteiger partial charge in [-0.05, 0) is 31.5 Å². The molecule has 0 atom stereocenters. The Hall–Kier alpha value is -1.24. The quantitative estimate of drug-likeness (QED) is 0.821. The van der Waals surface area contributed by atoms with E-state index in [-0.39, 0.29) is 0 Å². The molecule has 0 saturated carbocycles. The maximum absolute atomic E-state index is 5.04. The van der Waals surface area contributed by atoms with Crippen LogP contribution >= 0.6 is 15.9 Å². The summed E-state index contributed by atoms with van der Waals surface area (Å²) in [5, 5.41) is 7.82. The molecule has 0 amide bonds. The first-order valence-corrected chi connectivity index (χ1v) is 7.30. The van der Waals surface area contributed by atoms with Crippen LogP contribution in [0, 0.1) is 13.8 Å². The summed E-state index contributed by atoms with van der Waals surface area (Å²) in [6.45, 7) is 6.15. The molecule has 0 aliphatic carbocycles. The number of hydrogen-bond acceptors (Lipinski definition) is 4. The molecular weight excluding hydrogens is 320 g/mol. The molecule has 0 fully saturated rings. The lowest BCUT2D eigenvalue weighted by Crippen LogP contribution is -2.20. The number of methoxy groups -OCH3 is 1. The van der Waals surface area contributed by atoms with Crippen molar-refractivity contribution in [2.24, 2.45) is 0 Å². The van der Waals surface area contributed by atoms with E-state index >= 15 is 0 Å². The smallest absolute Gasteiger partial charge is 0.148 e. The number of nitrogens with one attached hydrogen (secondary N) is 1. The average Bonchev–Trinajstić information content (AvgIpc) is 2.75. The molecule has 0 aliphatic heterocycles. The topological polar surface area (TPSA) is 52.0 Å². The third-order valence-electron chi connectivity index (χ3n) is 2.95. The largest absolute Gasteiger partial charge is 0.383 e. The molecule has 5 nitrogen and oxygen atoms in total.